The predicted octanol–water partition coefficient (Wildman–Crippen LogP) is 8.70. The number of anilines is 1. The summed E-state index contributed by atoms with van der Waals surface area (Å²) in [6.45, 7) is 8.39. The van der Waals surface area contributed by atoms with Crippen LogP contribution < -0.4 is 10.1 Å². The molecular weight excluding hydrogens is 766 g/mol. The summed E-state index contributed by atoms with van der Waals surface area (Å²) < 4.78 is 75.4. The Morgan fingerprint density at radius 1 is 0.864 bits per heavy atom. The number of terminal acetylenes is 2. The Morgan fingerprint density at radius 2 is 1.54 bits per heavy atom. The summed E-state index contributed by atoms with van der Waals surface area (Å²) in [5, 5.41) is 2.69. The van der Waals surface area contributed by atoms with Crippen LogP contribution in [0.5, 0.6) is 5.75 Å². The molecule has 1 N–H and O–H groups in total. The van der Waals surface area contributed by atoms with E-state index in [0.717, 1.165) is 50.8 Å². The van der Waals surface area contributed by atoms with Crippen LogP contribution in [0.3, 0.4) is 0 Å². The highest BCUT2D eigenvalue weighted by atomic mass is 19.4. The number of piperazine rings is 1. The number of likely N-dealkylation sites (N-methyl/N-ethyl adjacent to an activating group) is 1. The molecule has 0 saturated carbocycles. The van der Waals surface area contributed by atoms with Crippen molar-refractivity contribution >= 4 is 17.4 Å². The van der Waals surface area contributed by atoms with Crippen LogP contribution >= 0.6 is 0 Å². The standard InChI is InChI=1S/C24H27F2N3O2.C22H17F3N2O/c1-5-17-14-18(7-9-22(17)31-4)23(30)27-20-8-6-19(21(15-20)24(2,25)26)16-29-12-10-28(3)11-13-29;1-4-17-10-18(6-5-14(17)2)21(28)9-16-7-19(22(23,24)25)11-20(8-16)27-12-15(3)26-13-27/h1,6-9,14-15H,10-13,16H2,2-4H3,(H,27,30);1,5-8,10-13H,9H2,2-3H3. The van der Waals surface area contributed by atoms with Crippen LogP contribution in [0.15, 0.2) is 85.3 Å². The molecule has 0 bridgehead atoms. The number of nitrogens with one attached hydrogen (secondary N) is 1. The lowest BCUT2D eigenvalue weighted by molar-refractivity contribution is -0.137. The fraction of sp³-hybridized carbons (Fsp3) is 0.283. The van der Waals surface area contributed by atoms with Gasteiger partial charge in [-0.15, -0.1) is 12.8 Å². The number of hydrogen-bond acceptors (Lipinski definition) is 6. The second-order valence-electron chi connectivity index (χ2n) is 14.4. The maximum absolute atomic E-state index is 14.4. The van der Waals surface area contributed by atoms with E-state index in [-0.39, 0.29) is 23.3 Å². The Hall–Kier alpha value is -6.28. The molecule has 13 heteroatoms. The normalized spacial score (nSPS) is 13.4. The number of rotatable bonds is 10. The molecule has 0 unspecified atom stereocenters. The number of imidazole rings is 1. The number of carbonyl (C=O) groups is 2. The number of aryl methyl sites for hydroxylation is 2. The molecule has 6 rings (SSSR count). The zero-order valence-electron chi connectivity index (χ0n) is 33.4. The number of methoxy groups -OCH3 is 1. The minimum atomic E-state index is -4.52. The zero-order valence-corrected chi connectivity index (χ0v) is 33.4. The van der Waals surface area contributed by atoms with Crippen LogP contribution in [-0.4, -0.2) is 71.4 Å². The van der Waals surface area contributed by atoms with Gasteiger partial charge in [0.25, 0.3) is 11.8 Å². The number of Topliss-reactive ketones (excluding diaryl/α,β-unsaturated/α-hetero) is 1. The van der Waals surface area contributed by atoms with Gasteiger partial charge in [0.15, 0.2) is 5.78 Å². The smallest absolute Gasteiger partial charge is 0.416 e. The summed E-state index contributed by atoms with van der Waals surface area (Å²) in [5.41, 5.74) is 3.80. The Bertz CT molecular complexity index is 2410. The molecule has 8 nitrogen and oxygen atoms in total. The Morgan fingerprint density at radius 3 is 2.15 bits per heavy atom. The highest BCUT2D eigenvalue weighted by molar-refractivity contribution is 6.04. The van der Waals surface area contributed by atoms with Gasteiger partial charge in [0.05, 0.1) is 30.3 Å². The lowest BCUT2D eigenvalue weighted by atomic mass is 9.97. The Kier molecular flexibility index (Phi) is 13.8. The van der Waals surface area contributed by atoms with Crippen molar-refractivity contribution in [3.8, 4) is 36.1 Å². The first kappa shape index (κ1) is 43.8. The van der Waals surface area contributed by atoms with Crippen LogP contribution in [0.1, 0.15) is 72.3 Å². The van der Waals surface area contributed by atoms with Crippen molar-refractivity contribution in [2.75, 3.05) is 45.7 Å². The molecule has 1 aliphatic heterocycles. The number of hydrogen-bond donors (Lipinski definition) is 1. The van der Waals surface area contributed by atoms with Crippen molar-refractivity contribution in [1.29, 1.82) is 0 Å². The second-order valence-corrected chi connectivity index (χ2v) is 14.4. The Balaban J connectivity index is 0.000000225. The van der Waals surface area contributed by atoms with Crippen molar-refractivity contribution in [2.45, 2.75) is 45.8 Å². The van der Waals surface area contributed by atoms with Gasteiger partial charge >= 0.3 is 6.18 Å². The Labute approximate surface area is 341 Å². The van der Waals surface area contributed by atoms with Gasteiger partial charge in [0, 0.05) is 85.9 Å². The minimum Gasteiger partial charge on any atom is -0.495 e. The summed E-state index contributed by atoms with van der Waals surface area (Å²) in [6, 6.07) is 17.9. The number of carbonyl (C=O) groups excluding carboxylic acids is 2. The molecule has 1 saturated heterocycles. The molecular formula is C46H44F5N5O3. The van der Waals surface area contributed by atoms with Gasteiger partial charge in [-0.2, -0.15) is 13.2 Å². The van der Waals surface area contributed by atoms with E-state index in [1.807, 2.05) is 6.92 Å². The number of alkyl halides is 5. The van der Waals surface area contributed by atoms with E-state index in [1.54, 1.807) is 61.7 Å². The SMILES string of the molecule is C#Cc1cc(C(=O)Cc2cc(-n3cnc(C)c3)cc(C(F)(F)F)c2)ccc1C.C#Cc1cc(C(=O)Nc2ccc(CN3CCN(C)CC3)c(C(C)(F)F)c2)ccc1OC. The number of halogens is 5. The first-order chi connectivity index (χ1) is 27.9. The van der Waals surface area contributed by atoms with Crippen LogP contribution in [0.25, 0.3) is 5.69 Å². The largest absolute Gasteiger partial charge is 0.495 e. The molecule has 4 aromatic carbocycles. The van der Waals surface area contributed by atoms with Crippen LogP contribution in [0, 0.1) is 38.5 Å². The highest BCUT2D eigenvalue weighted by Gasteiger charge is 2.32. The number of amides is 1. The quantitative estimate of drug-likeness (QED) is 0.0865. The molecule has 5 aromatic rings. The average Bonchev–Trinajstić information content (AvgIpc) is 3.64. The number of ketones is 1. The molecule has 1 amide bonds. The molecule has 1 fully saturated rings. The molecule has 1 aromatic heterocycles. The van der Waals surface area contributed by atoms with E-state index in [4.69, 9.17) is 17.6 Å². The average molecular weight is 810 g/mol. The molecule has 0 spiro atoms. The van der Waals surface area contributed by atoms with E-state index in [2.05, 4.69) is 39.0 Å². The monoisotopic (exact) mass is 809 g/mol. The first-order valence-corrected chi connectivity index (χ1v) is 18.6. The van der Waals surface area contributed by atoms with E-state index in [0.29, 0.717) is 57.2 Å². The van der Waals surface area contributed by atoms with Gasteiger partial charge in [0.2, 0.25) is 0 Å². The van der Waals surface area contributed by atoms with E-state index < -0.39 is 23.6 Å². The van der Waals surface area contributed by atoms with Crippen molar-refractivity contribution in [3.05, 3.63) is 141 Å². The summed E-state index contributed by atoms with van der Waals surface area (Å²) >= 11 is 0. The lowest BCUT2D eigenvalue weighted by Crippen LogP contribution is -2.44. The molecule has 59 heavy (non-hydrogen) atoms. The van der Waals surface area contributed by atoms with Crippen molar-refractivity contribution in [1.82, 2.24) is 19.4 Å². The summed E-state index contributed by atoms with van der Waals surface area (Å²) in [5.74, 6) is 1.70. The lowest BCUT2D eigenvalue weighted by Gasteiger charge is -2.33. The van der Waals surface area contributed by atoms with E-state index in [9.17, 15) is 31.5 Å². The minimum absolute atomic E-state index is 0.0803. The van der Waals surface area contributed by atoms with E-state index >= 15 is 0 Å². The van der Waals surface area contributed by atoms with Gasteiger partial charge in [-0.25, -0.2) is 13.8 Å². The fourth-order valence-electron chi connectivity index (χ4n) is 6.50. The summed E-state index contributed by atoms with van der Waals surface area (Å²) in [7, 11) is 3.54. The van der Waals surface area contributed by atoms with Crippen LogP contribution in [-0.2, 0) is 25.1 Å². The van der Waals surface area contributed by atoms with Gasteiger partial charge in [-0.3, -0.25) is 14.5 Å². The van der Waals surface area contributed by atoms with Crippen LogP contribution in [0.2, 0.25) is 0 Å². The molecule has 0 radical (unpaired) electrons. The summed E-state index contributed by atoms with van der Waals surface area (Å²) in [4.78, 5) is 33.7. The highest BCUT2D eigenvalue weighted by Crippen LogP contribution is 2.34. The number of ether oxygens (including phenoxy) is 1. The topological polar surface area (TPSA) is 79.7 Å². The number of aromatic nitrogens is 2. The van der Waals surface area contributed by atoms with E-state index in [1.165, 1.54) is 30.1 Å². The third-order valence-corrected chi connectivity index (χ3v) is 9.84. The molecule has 0 atom stereocenters. The zero-order chi connectivity index (χ0) is 43.1. The molecule has 2 heterocycles. The number of nitrogens with zero attached hydrogens (tertiary/aromatic N) is 4. The third-order valence-electron chi connectivity index (χ3n) is 9.84. The van der Waals surface area contributed by atoms with Gasteiger partial charge in [-0.1, -0.05) is 30.0 Å². The maximum atomic E-state index is 14.4. The van der Waals surface area contributed by atoms with Crippen molar-refractivity contribution < 1.29 is 36.3 Å². The second kappa shape index (κ2) is 18.5. The van der Waals surface area contributed by atoms with Crippen LogP contribution in [0.4, 0.5) is 27.6 Å². The first-order valence-electron chi connectivity index (χ1n) is 18.6. The number of benzene rings is 4. The molecule has 1 aliphatic rings. The van der Waals surface area contributed by atoms with Gasteiger partial charge in [0.1, 0.15) is 5.75 Å². The maximum Gasteiger partial charge on any atom is 0.416 e. The predicted molar refractivity (Wildman–Crippen MR) is 218 cm³/mol. The van der Waals surface area contributed by atoms with Crippen molar-refractivity contribution in [2.24, 2.45) is 0 Å². The fourth-order valence-corrected chi connectivity index (χ4v) is 6.50. The molecule has 306 valence electrons. The van der Waals surface area contributed by atoms with Gasteiger partial charge in [-0.05, 0) is 92.2 Å². The van der Waals surface area contributed by atoms with Gasteiger partial charge < -0.3 is 19.5 Å². The third kappa shape index (κ3) is 11.4. The van der Waals surface area contributed by atoms with Crippen molar-refractivity contribution in [3.63, 3.8) is 0 Å². The summed E-state index contributed by atoms with van der Waals surface area (Å²) in [6.07, 6.45) is 9.27. The molecule has 0 aliphatic carbocycles.